The van der Waals surface area contributed by atoms with Crippen molar-refractivity contribution in [3.8, 4) is 5.75 Å². The zero-order chi connectivity index (χ0) is 15.7. The number of carboxylic acid groups (broad SMARTS) is 1. The molecule has 1 aromatic carbocycles. The molecule has 8 heteroatoms. The van der Waals surface area contributed by atoms with E-state index in [4.69, 9.17) is 9.84 Å². The number of nitrogens with one attached hydrogen (secondary N) is 2. The van der Waals surface area contributed by atoms with E-state index in [1.54, 1.807) is 24.3 Å². The van der Waals surface area contributed by atoms with Gasteiger partial charge < -0.3 is 20.5 Å². The number of anilines is 1. The Morgan fingerprint density at radius 2 is 2.00 bits per heavy atom. The lowest BCUT2D eigenvalue weighted by Gasteiger charge is -2.08. The van der Waals surface area contributed by atoms with Crippen molar-refractivity contribution in [2.75, 3.05) is 30.5 Å². The normalized spacial score (nSPS) is 9.76. The van der Waals surface area contributed by atoms with Gasteiger partial charge in [0.05, 0.1) is 11.5 Å². The third-order valence-electron chi connectivity index (χ3n) is 2.23. The minimum atomic E-state index is -0.961. The van der Waals surface area contributed by atoms with Crippen molar-refractivity contribution in [2.24, 2.45) is 0 Å². The summed E-state index contributed by atoms with van der Waals surface area (Å²) >= 11 is 1.01. The fourth-order valence-electron chi connectivity index (χ4n) is 1.31. The molecule has 0 spiro atoms. The first-order valence-electron chi connectivity index (χ1n) is 6.04. The van der Waals surface area contributed by atoms with Crippen LogP contribution in [0.1, 0.15) is 0 Å². The third kappa shape index (κ3) is 7.21. The molecule has 0 aliphatic rings. The van der Waals surface area contributed by atoms with Gasteiger partial charge in [-0.1, -0.05) is 6.07 Å². The number of aliphatic carboxylic acids is 1. The van der Waals surface area contributed by atoms with Gasteiger partial charge in [-0.3, -0.25) is 14.4 Å². The Balaban J connectivity index is 2.46. The maximum absolute atomic E-state index is 11.6. The van der Waals surface area contributed by atoms with Crippen LogP contribution in [0.15, 0.2) is 24.3 Å². The molecule has 1 aromatic rings. The fraction of sp³-hybridized carbons (Fsp3) is 0.308. The van der Waals surface area contributed by atoms with Crippen LogP contribution in [-0.4, -0.2) is 48.1 Å². The number of amides is 2. The molecule has 2 amide bonds. The molecule has 3 N–H and O–H groups in total. The first kappa shape index (κ1) is 16.8. The van der Waals surface area contributed by atoms with Gasteiger partial charge in [0.2, 0.25) is 5.91 Å². The Kier molecular flexibility index (Phi) is 7.10. The standard InChI is InChI=1S/C13H16N2O5S/c1-14-11(16)6-20-10-4-2-3-9(5-10)15-12(17)7-21-8-13(18)19/h2-5H,6-8H2,1H3,(H,14,16)(H,15,17)(H,18,19). The SMILES string of the molecule is CNC(=O)COc1cccc(NC(=O)CSCC(=O)O)c1. The summed E-state index contributed by atoms with van der Waals surface area (Å²) in [4.78, 5) is 33.0. The lowest BCUT2D eigenvalue weighted by Crippen LogP contribution is -2.24. The van der Waals surface area contributed by atoms with E-state index < -0.39 is 5.97 Å². The summed E-state index contributed by atoms with van der Waals surface area (Å²) in [6.07, 6.45) is 0. The summed E-state index contributed by atoms with van der Waals surface area (Å²) in [6, 6.07) is 6.60. The summed E-state index contributed by atoms with van der Waals surface area (Å²) < 4.78 is 5.25. The largest absolute Gasteiger partial charge is 0.484 e. The van der Waals surface area contributed by atoms with E-state index in [0.29, 0.717) is 11.4 Å². The molecule has 0 saturated carbocycles. The first-order chi connectivity index (χ1) is 10.0. The molecule has 21 heavy (non-hydrogen) atoms. The maximum Gasteiger partial charge on any atom is 0.313 e. The average Bonchev–Trinajstić information content (AvgIpc) is 2.44. The maximum atomic E-state index is 11.6. The number of carbonyl (C=O) groups is 3. The molecule has 0 aliphatic carbocycles. The summed E-state index contributed by atoms with van der Waals surface area (Å²) in [5.74, 6) is -1.13. The van der Waals surface area contributed by atoms with E-state index in [9.17, 15) is 14.4 Å². The van der Waals surface area contributed by atoms with Crippen molar-refractivity contribution in [3.05, 3.63) is 24.3 Å². The van der Waals surface area contributed by atoms with Gasteiger partial charge >= 0.3 is 5.97 Å². The zero-order valence-electron chi connectivity index (χ0n) is 11.4. The Morgan fingerprint density at radius 3 is 2.67 bits per heavy atom. The molecular weight excluding hydrogens is 296 g/mol. The average molecular weight is 312 g/mol. The number of hydrogen-bond acceptors (Lipinski definition) is 5. The second-order valence-electron chi connectivity index (χ2n) is 3.92. The summed E-state index contributed by atoms with van der Waals surface area (Å²) in [5, 5.41) is 13.5. The van der Waals surface area contributed by atoms with Gasteiger partial charge in [-0.05, 0) is 12.1 Å². The van der Waals surface area contributed by atoms with Gasteiger partial charge in [0.15, 0.2) is 6.61 Å². The molecule has 0 aromatic heterocycles. The molecule has 114 valence electrons. The molecule has 7 nitrogen and oxygen atoms in total. The third-order valence-corrected chi connectivity index (χ3v) is 3.14. The number of hydrogen-bond donors (Lipinski definition) is 3. The van der Waals surface area contributed by atoms with Crippen LogP contribution in [0.5, 0.6) is 5.75 Å². The van der Waals surface area contributed by atoms with Crippen LogP contribution in [-0.2, 0) is 14.4 Å². The van der Waals surface area contributed by atoms with Crippen LogP contribution < -0.4 is 15.4 Å². The lowest BCUT2D eigenvalue weighted by atomic mass is 10.3. The van der Waals surface area contributed by atoms with E-state index in [1.807, 2.05) is 0 Å². The molecule has 0 atom stereocenters. The number of carboxylic acids is 1. The topological polar surface area (TPSA) is 105 Å². The summed E-state index contributed by atoms with van der Waals surface area (Å²) in [7, 11) is 1.51. The lowest BCUT2D eigenvalue weighted by molar-refractivity contribution is -0.134. The molecule has 0 bridgehead atoms. The number of thioether (sulfide) groups is 1. The highest BCUT2D eigenvalue weighted by molar-refractivity contribution is 8.00. The van der Waals surface area contributed by atoms with Crippen LogP contribution in [0.2, 0.25) is 0 Å². The van der Waals surface area contributed by atoms with E-state index in [1.165, 1.54) is 7.05 Å². The van der Waals surface area contributed by atoms with E-state index >= 15 is 0 Å². The Hall–Kier alpha value is -2.22. The first-order valence-corrected chi connectivity index (χ1v) is 7.19. The highest BCUT2D eigenvalue weighted by Crippen LogP contribution is 2.17. The second kappa shape index (κ2) is 8.85. The Bertz CT molecular complexity index is 521. The number of likely N-dealkylation sites (N-methyl/N-ethyl adjacent to an activating group) is 1. The van der Waals surface area contributed by atoms with Crippen molar-refractivity contribution in [3.63, 3.8) is 0 Å². The molecule has 0 unspecified atom stereocenters. The minimum absolute atomic E-state index is 0.0512. The van der Waals surface area contributed by atoms with Crippen molar-refractivity contribution < 1.29 is 24.2 Å². The van der Waals surface area contributed by atoms with E-state index in [2.05, 4.69) is 10.6 Å². The van der Waals surface area contributed by atoms with Gasteiger partial charge in [-0.15, -0.1) is 11.8 Å². The second-order valence-corrected chi connectivity index (χ2v) is 4.91. The molecule has 0 aliphatic heterocycles. The summed E-state index contributed by atoms with van der Waals surface area (Å²) in [5.41, 5.74) is 0.519. The molecule has 0 saturated heterocycles. The fourth-order valence-corrected chi connectivity index (χ4v) is 1.85. The summed E-state index contributed by atoms with van der Waals surface area (Å²) in [6.45, 7) is -0.109. The van der Waals surface area contributed by atoms with Gasteiger partial charge in [-0.2, -0.15) is 0 Å². The zero-order valence-corrected chi connectivity index (χ0v) is 12.2. The van der Waals surface area contributed by atoms with Crippen molar-refractivity contribution in [1.29, 1.82) is 0 Å². The Morgan fingerprint density at radius 1 is 1.24 bits per heavy atom. The van der Waals surface area contributed by atoms with Crippen LogP contribution >= 0.6 is 11.8 Å². The van der Waals surface area contributed by atoms with Crippen molar-refractivity contribution >= 4 is 35.2 Å². The molecule has 0 fully saturated rings. The highest BCUT2D eigenvalue weighted by atomic mass is 32.2. The number of ether oxygens (including phenoxy) is 1. The van der Waals surface area contributed by atoms with Crippen LogP contribution in [0.3, 0.4) is 0 Å². The van der Waals surface area contributed by atoms with Crippen molar-refractivity contribution in [1.82, 2.24) is 5.32 Å². The number of carbonyl (C=O) groups excluding carboxylic acids is 2. The molecule has 0 heterocycles. The van der Waals surface area contributed by atoms with Crippen LogP contribution in [0.25, 0.3) is 0 Å². The van der Waals surface area contributed by atoms with Gasteiger partial charge in [0.1, 0.15) is 5.75 Å². The van der Waals surface area contributed by atoms with E-state index in [-0.39, 0.29) is 29.9 Å². The molecular formula is C13H16N2O5S. The van der Waals surface area contributed by atoms with Crippen molar-refractivity contribution in [2.45, 2.75) is 0 Å². The van der Waals surface area contributed by atoms with Gasteiger partial charge in [0.25, 0.3) is 5.91 Å². The molecule has 0 radical (unpaired) electrons. The quantitative estimate of drug-likeness (QED) is 0.648. The number of benzene rings is 1. The Labute approximate surface area is 126 Å². The predicted octanol–water partition coefficient (Wildman–Crippen LogP) is 0.568. The van der Waals surface area contributed by atoms with E-state index in [0.717, 1.165) is 11.8 Å². The highest BCUT2D eigenvalue weighted by Gasteiger charge is 2.06. The van der Waals surface area contributed by atoms with Gasteiger partial charge in [0, 0.05) is 18.8 Å². The van der Waals surface area contributed by atoms with Crippen LogP contribution in [0, 0.1) is 0 Å². The minimum Gasteiger partial charge on any atom is -0.484 e. The monoisotopic (exact) mass is 312 g/mol. The number of rotatable bonds is 8. The van der Waals surface area contributed by atoms with Gasteiger partial charge in [-0.25, -0.2) is 0 Å². The molecule has 1 rings (SSSR count). The van der Waals surface area contributed by atoms with Crippen LogP contribution in [0.4, 0.5) is 5.69 Å². The smallest absolute Gasteiger partial charge is 0.313 e. The predicted molar refractivity (Wildman–Crippen MR) is 79.6 cm³/mol.